The zero-order valence-corrected chi connectivity index (χ0v) is 17.8. The third-order valence-electron chi connectivity index (χ3n) is 5.04. The van der Waals surface area contributed by atoms with Gasteiger partial charge in [0.05, 0.1) is 18.3 Å². The quantitative estimate of drug-likeness (QED) is 0.236. The summed E-state index contributed by atoms with van der Waals surface area (Å²) in [6.45, 7) is 0. The summed E-state index contributed by atoms with van der Waals surface area (Å²) in [6.07, 6.45) is 7.83. The zero-order chi connectivity index (χ0) is 21.2. The highest BCUT2D eigenvalue weighted by Crippen LogP contribution is 2.36. The number of thioether (sulfide) groups is 1. The molecule has 160 valence electrons. The molecule has 7 heteroatoms. The number of unbranched alkanes of at least 4 members (excludes halogenated alkanes) is 1. The Kier molecular flexibility index (Phi) is 10.2. The minimum atomic E-state index is -0.800. The lowest BCUT2D eigenvalue weighted by molar-refractivity contribution is -0.137. The number of aliphatic hydroxyl groups is 3. The van der Waals surface area contributed by atoms with E-state index in [1.807, 2.05) is 42.5 Å². The van der Waals surface area contributed by atoms with Crippen LogP contribution in [0.4, 0.5) is 0 Å². The van der Waals surface area contributed by atoms with E-state index in [4.69, 9.17) is 16.7 Å². The van der Waals surface area contributed by atoms with Crippen LogP contribution in [0.2, 0.25) is 5.02 Å². The third-order valence-corrected chi connectivity index (χ3v) is 6.41. The molecular weight excluding hydrogens is 412 g/mol. The minimum Gasteiger partial charge on any atom is -0.481 e. The number of hydrogen-bond donors (Lipinski definition) is 4. The van der Waals surface area contributed by atoms with Crippen LogP contribution in [-0.4, -0.2) is 50.5 Å². The van der Waals surface area contributed by atoms with Gasteiger partial charge < -0.3 is 20.4 Å². The van der Waals surface area contributed by atoms with Gasteiger partial charge in [-0.05, 0) is 49.4 Å². The number of carboxylic acids is 1. The first-order chi connectivity index (χ1) is 13.9. The molecule has 1 aliphatic rings. The van der Waals surface area contributed by atoms with Crippen molar-refractivity contribution in [2.24, 2.45) is 11.8 Å². The van der Waals surface area contributed by atoms with Crippen molar-refractivity contribution in [2.45, 2.75) is 55.3 Å². The van der Waals surface area contributed by atoms with Gasteiger partial charge in [-0.15, -0.1) is 11.8 Å². The first-order valence-electron chi connectivity index (χ1n) is 9.84. The van der Waals surface area contributed by atoms with Crippen molar-refractivity contribution in [1.29, 1.82) is 0 Å². The molecule has 2 rings (SSSR count). The van der Waals surface area contributed by atoms with Crippen LogP contribution in [0.5, 0.6) is 0 Å². The molecule has 1 fully saturated rings. The smallest absolute Gasteiger partial charge is 0.303 e. The number of hydrogen-bond acceptors (Lipinski definition) is 5. The maximum atomic E-state index is 10.5. The molecule has 5 atom stereocenters. The molecule has 0 heterocycles. The normalized spacial score (nSPS) is 25.8. The Morgan fingerprint density at radius 3 is 2.62 bits per heavy atom. The van der Waals surface area contributed by atoms with E-state index in [-0.39, 0.29) is 18.3 Å². The third kappa shape index (κ3) is 8.52. The SMILES string of the molecule is O=C(O)CCC/C=C\C[C@H]1[C@H](/C=C/[C@@H](O)CSc2ccc(Cl)cc2)[C@@H](O)C[C@H]1O. The van der Waals surface area contributed by atoms with Gasteiger partial charge in [-0.1, -0.05) is 35.9 Å². The summed E-state index contributed by atoms with van der Waals surface area (Å²) in [5.41, 5.74) is 0. The van der Waals surface area contributed by atoms with Crippen molar-refractivity contribution in [2.75, 3.05) is 5.75 Å². The van der Waals surface area contributed by atoms with Gasteiger partial charge >= 0.3 is 5.97 Å². The van der Waals surface area contributed by atoms with E-state index in [0.29, 0.717) is 36.5 Å². The number of aliphatic hydroxyl groups excluding tert-OH is 3. The summed E-state index contributed by atoms with van der Waals surface area (Å²) in [4.78, 5) is 11.5. The Bertz CT molecular complexity index is 691. The Morgan fingerprint density at radius 2 is 1.93 bits per heavy atom. The minimum absolute atomic E-state index is 0.118. The molecule has 5 nitrogen and oxygen atoms in total. The van der Waals surface area contributed by atoms with Gasteiger partial charge in [-0.3, -0.25) is 4.79 Å². The monoisotopic (exact) mass is 440 g/mol. The summed E-state index contributed by atoms with van der Waals surface area (Å²) in [7, 11) is 0. The molecule has 0 aliphatic heterocycles. The fraction of sp³-hybridized carbons (Fsp3) is 0.500. The Morgan fingerprint density at radius 1 is 1.21 bits per heavy atom. The molecule has 0 saturated heterocycles. The maximum Gasteiger partial charge on any atom is 0.303 e. The van der Waals surface area contributed by atoms with Gasteiger partial charge in [0.25, 0.3) is 0 Å². The lowest BCUT2D eigenvalue weighted by Gasteiger charge is -2.19. The van der Waals surface area contributed by atoms with Gasteiger partial charge in [0.1, 0.15) is 0 Å². The van der Waals surface area contributed by atoms with Crippen LogP contribution >= 0.6 is 23.4 Å². The fourth-order valence-corrected chi connectivity index (χ4v) is 4.40. The second kappa shape index (κ2) is 12.4. The van der Waals surface area contributed by atoms with Crippen LogP contribution in [0.3, 0.4) is 0 Å². The number of rotatable bonds is 11. The molecule has 29 heavy (non-hydrogen) atoms. The van der Waals surface area contributed by atoms with Crippen LogP contribution in [0, 0.1) is 11.8 Å². The Balaban J connectivity index is 1.82. The number of halogens is 1. The number of aliphatic carboxylic acids is 1. The van der Waals surface area contributed by atoms with Crippen LogP contribution < -0.4 is 0 Å². The van der Waals surface area contributed by atoms with E-state index in [0.717, 1.165) is 4.90 Å². The molecule has 1 aromatic rings. The van der Waals surface area contributed by atoms with Gasteiger partial charge in [0.15, 0.2) is 0 Å². The second-order valence-electron chi connectivity index (χ2n) is 7.32. The zero-order valence-electron chi connectivity index (χ0n) is 16.2. The average molecular weight is 441 g/mol. The summed E-state index contributed by atoms with van der Waals surface area (Å²) >= 11 is 7.39. The predicted molar refractivity (Wildman–Crippen MR) is 116 cm³/mol. The Hall–Kier alpha value is -1.31. The average Bonchev–Trinajstić information content (AvgIpc) is 2.94. The molecule has 0 aromatic heterocycles. The molecule has 1 aliphatic carbocycles. The lowest BCUT2D eigenvalue weighted by atomic mass is 9.89. The molecule has 4 N–H and O–H groups in total. The molecule has 0 spiro atoms. The number of carbonyl (C=O) groups is 1. The van der Waals surface area contributed by atoms with Crippen LogP contribution in [-0.2, 0) is 4.79 Å². The van der Waals surface area contributed by atoms with E-state index >= 15 is 0 Å². The van der Waals surface area contributed by atoms with Crippen molar-refractivity contribution in [3.05, 3.63) is 53.6 Å². The summed E-state index contributed by atoms with van der Waals surface area (Å²) < 4.78 is 0. The van der Waals surface area contributed by atoms with Crippen molar-refractivity contribution >= 4 is 29.3 Å². The standard InChI is InChI=1S/C22H29ClO5S/c23-15-7-10-17(11-8-15)29-14-16(24)9-12-19-18(20(25)13-21(19)26)5-3-1-2-4-6-22(27)28/h1,3,7-12,16,18-21,24-26H,2,4-6,13-14H2,(H,27,28)/b3-1-,12-9+/t16-,18+,19+,20-,21+/m1/s1. The van der Waals surface area contributed by atoms with E-state index in [1.54, 1.807) is 6.08 Å². The van der Waals surface area contributed by atoms with Crippen LogP contribution in [0.25, 0.3) is 0 Å². The van der Waals surface area contributed by atoms with Gasteiger partial charge in [-0.25, -0.2) is 0 Å². The second-order valence-corrected chi connectivity index (χ2v) is 8.85. The number of carboxylic acid groups (broad SMARTS) is 1. The number of allylic oxidation sites excluding steroid dienone is 2. The van der Waals surface area contributed by atoms with E-state index in [1.165, 1.54) is 11.8 Å². The van der Waals surface area contributed by atoms with Crippen molar-refractivity contribution in [3.8, 4) is 0 Å². The first kappa shape index (κ1) is 24.0. The fourth-order valence-electron chi connectivity index (χ4n) is 3.47. The molecule has 0 bridgehead atoms. The topological polar surface area (TPSA) is 98.0 Å². The summed E-state index contributed by atoms with van der Waals surface area (Å²) in [5.74, 6) is -0.653. The van der Waals surface area contributed by atoms with E-state index in [9.17, 15) is 20.1 Å². The van der Waals surface area contributed by atoms with Gasteiger partial charge in [-0.2, -0.15) is 0 Å². The molecule has 0 unspecified atom stereocenters. The number of benzene rings is 1. The van der Waals surface area contributed by atoms with E-state index < -0.39 is 24.3 Å². The summed E-state index contributed by atoms with van der Waals surface area (Å²) in [5, 5.41) is 40.1. The molecule has 0 radical (unpaired) electrons. The van der Waals surface area contributed by atoms with Crippen LogP contribution in [0.15, 0.2) is 53.5 Å². The predicted octanol–water partition coefficient (Wildman–Crippen LogP) is 3.91. The lowest BCUT2D eigenvalue weighted by Crippen LogP contribution is -2.20. The van der Waals surface area contributed by atoms with Gasteiger partial charge in [0, 0.05) is 34.4 Å². The highest BCUT2D eigenvalue weighted by molar-refractivity contribution is 7.99. The van der Waals surface area contributed by atoms with Crippen molar-refractivity contribution in [3.63, 3.8) is 0 Å². The highest BCUT2D eigenvalue weighted by atomic mass is 35.5. The van der Waals surface area contributed by atoms with E-state index in [2.05, 4.69) is 0 Å². The van der Waals surface area contributed by atoms with Gasteiger partial charge in [0.2, 0.25) is 0 Å². The Labute approximate surface area is 181 Å². The molecular formula is C22H29ClO5S. The molecule has 1 aromatic carbocycles. The maximum absolute atomic E-state index is 10.5. The van der Waals surface area contributed by atoms with Crippen molar-refractivity contribution < 1.29 is 25.2 Å². The largest absolute Gasteiger partial charge is 0.481 e. The first-order valence-corrected chi connectivity index (χ1v) is 11.2. The van der Waals surface area contributed by atoms with Crippen LogP contribution in [0.1, 0.15) is 32.1 Å². The molecule has 1 saturated carbocycles. The van der Waals surface area contributed by atoms with Crippen molar-refractivity contribution in [1.82, 2.24) is 0 Å². The molecule has 0 amide bonds. The summed E-state index contributed by atoms with van der Waals surface area (Å²) in [6, 6.07) is 7.42. The highest BCUT2D eigenvalue weighted by Gasteiger charge is 2.39.